The average molecular weight is 529 g/mol. The zero-order valence-corrected chi connectivity index (χ0v) is 20.7. The fraction of sp³-hybridized carbons (Fsp3) is 0.636. The first-order chi connectivity index (χ1) is 14.2. The second-order valence-electron chi connectivity index (χ2n) is 7.79. The lowest BCUT2D eigenvalue weighted by Gasteiger charge is -2.27. The van der Waals surface area contributed by atoms with Crippen LogP contribution in [0.15, 0.2) is 29.3 Å². The van der Waals surface area contributed by atoms with Gasteiger partial charge in [0, 0.05) is 51.7 Å². The van der Waals surface area contributed by atoms with Gasteiger partial charge in [0.2, 0.25) is 5.91 Å². The third-order valence-electron chi connectivity index (χ3n) is 5.97. The number of methoxy groups -OCH3 is 1. The van der Waals surface area contributed by atoms with Crippen LogP contribution in [-0.4, -0.2) is 69.2 Å². The highest BCUT2D eigenvalue weighted by atomic mass is 127. The van der Waals surface area contributed by atoms with E-state index < -0.39 is 0 Å². The van der Waals surface area contributed by atoms with Gasteiger partial charge in [-0.25, -0.2) is 0 Å². The van der Waals surface area contributed by atoms with E-state index in [4.69, 9.17) is 4.74 Å². The number of rotatable bonds is 8. The molecule has 0 saturated carbocycles. The van der Waals surface area contributed by atoms with E-state index in [0.29, 0.717) is 24.4 Å². The predicted molar refractivity (Wildman–Crippen MR) is 133 cm³/mol. The number of para-hydroxylation sites is 2. The maximum absolute atomic E-state index is 12.0. The van der Waals surface area contributed by atoms with Crippen LogP contribution in [0.2, 0.25) is 0 Å². The van der Waals surface area contributed by atoms with E-state index in [2.05, 4.69) is 38.4 Å². The van der Waals surface area contributed by atoms with E-state index in [1.807, 2.05) is 25.2 Å². The van der Waals surface area contributed by atoms with Crippen molar-refractivity contribution >= 4 is 41.5 Å². The Morgan fingerprint density at radius 1 is 1.33 bits per heavy atom. The number of amides is 1. The third kappa shape index (κ3) is 6.15. The monoisotopic (exact) mass is 529 g/mol. The van der Waals surface area contributed by atoms with Crippen LogP contribution < -0.4 is 20.3 Å². The summed E-state index contributed by atoms with van der Waals surface area (Å²) >= 11 is 0. The summed E-state index contributed by atoms with van der Waals surface area (Å²) in [5, 5.41) is 6.98. The van der Waals surface area contributed by atoms with Crippen molar-refractivity contribution in [2.45, 2.75) is 51.1 Å². The standard InChI is InChI=1S/C22H35N5O2.HI/c1-4-18(27-14-7-10-21(27)28)11-13-24-22(23-2)25-17-12-15-26(16-17)19-8-5-6-9-20(19)29-3;/h5-6,8-9,17-18H,4,7,10-16H2,1-3H3,(H2,23,24,25);1H. The maximum atomic E-state index is 12.0. The average Bonchev–Trinajstić information content (AvgIpc) is 3.39. The number of anilines is 1. The SMILES string of the molecule is CCC(CCNC(=NC)NC1CCN(c2ccccc2OC)C1)N1CCCC1=O.I. The molecule has 0 aromatic heterocycles. The van der Waals surface area contributed by atoms with Gasteiger partial charge < -0.3 is 25.2 Å². The van der Waals surface area contributed by atoms with Gasteiger partial charge in [-0.1, -0.05) is 19.1 Å². The Morgan fingerprint density at radius 2 is 2.13 bits per heavy atom. The first-order valence-electron chi connectivity index (χ1n) is 10.8. The van der Waals surface area contributed by atoms with Gasteiger partial charge in [0.1, 0.15) is 5.75 Å². The second kappa shape index (κ2) is 12.2. The molecule has 0 radical (unpaired) electrons. The van der Waals surface area contributed by atoms with E-state index in [1.165, 1.54) is 0 Å². The third-order valence-corrected chi connectivity index (χ3v) is 5.97. The molecular weight excluding hydrogens is 493 g/mol. The van der Waals surface area contributed by atoms with Gasteiger partial charge >= 0.3 is 0 Å². The van der Waals surface area contributed by atoms with Crippen LogP contribution in [0.25, 0.3) is 0 Å². The van der Waals surface area contributed by atoms with Crippen molar-refractivity contribution in [1.82, 2.24) is 15.5 Å². The molecule has 1 aromatic carbocycles. The van der Waals surface area contributed by atoms with E-state index in [-0.39, 0.29) is 24.0 Å². The zero-order valence-electron chi connectivity index (χ0n) is 18.4. The Hall–Kier alpha value is -1.71. The number of halogens is 1. The Bertz CT molecular complexity index is 715. The summed E-state index contributed by atoms with van der Waals surface area (Å²) in [4.78, 5) is 20.8. The summed E-state index contributed by atoms with van der Waals surface area (Å²) in [7, 11) is 3.53. The van der Waals surface area contributed by atoms with Gasteiger partial charge in [-0.15, -0.1) is 24.0 Å². The molecule has 1 aromatic rings. The van der Waals surface area contributed by atoms with Crippen LogP contribution >= 0.6 is 24.0 Å². The minimum Gasteiger partial charge on any atom is -0.495 e. The lowest BCUT2D eigenvalue weighted by molar-refractivity contribution is -0.129. The molecule has 30 heavy (non-hydrogen) atoms. The Morgan fingerprint density at radius 3 is 2.80 bits per heavy atom. The Labute approximate surface area is 197 Å². The molecule has 0 spiro atoms. The molecule has 0 aliphatic carbocycles. The van der Waals surface area contributed by atoms with Crippen LogP contribution in [0, 0.1) is 0 Å². The summed E-state index contributed by atoms with van der Waals surface area (Å²) in [5.41, 5.74) is 1.14. The minimum absolute atomic E-state index is 0. The molecule has 2 heterocycles. The fourth-order valence-electron chi connectivity index (χ4n) is 4.37. The summed E-state index contributed by atoms with van der Waals surface area (Å²) in [6.07, 6.45) is 4.70. The van der Waals surface area contributed by atoms with Crippen LogP contribution in [0.4, 0.5) is 5.69 Å². The highest BCUT2D eigenvalue weighted by Gasteiger charge is 2.27. The van der Waals surface area contributed by atoms with Gasteiger partial charge in [0.05, 0.1) is 12.8 Å². The molecule has 8 heteroatoms. The van der Waals surface area contributed by atoms with E-state index in [0.717, 1.165) is 69.3 Å². The first-order valence-corrected chi connectivity index (χ1v) is 10.8. The Kier molecular flexibility index (Phi) is 10.0. The number of likely N-dealkylation sites (tertiary alicyclic amines) is 1. The van der Waals surface area contributed by atoms with E-state index in [9.17, 15) is 4.79 Å². The first kappa shape index (κ1) is 24.6. The molecule has 2 aliphatic rings. The van der Waals surface area contributed by atoms with Gasteiger partial charge in [0.25, 0.3) is 0 Å². The van der Waals surface area contributed by atoms with Crippen molar-refractivity contribution in [3.63, 3.8) is 0 Å². The predicted octanol–water partition coefficient (Wildman–Crippen LogP) is 2.85. The number of carbonyl (C=O) groups excluding carboxylic acids is 1. The molecule has 3 rings (SSSR count). The second-order valence-corrected chi connectivity index (χ2v) is 7.79. The molecular formula is C22H36IN5O2. The molecule has 2 fully saturated rings. The van der Waals surface area contributed by atoms with Crippen molar-refractivity contribution in [2.24, 2.45) is 4.99 Å². The zero-order chi connectivity index (χ0) is 20.6. The quantitative estimate of drug-likeness (QED) is 0.308. The van der Waals surface area contributed by atoms with Crippen molar-refractivity contribution in [3.05, 3.63) is 24.3 Å². The molecule has 2 saturated heterocycles. The van der Waals surface area contributed by atoms with Crippen LogP contribution in [0.5, 0.6) is 5.75 Å². The molecule has 1 amide bonds. The molecule has 2 N–H and O–H groups in total. The minimum atomic E-state index is 0. The van der Waals surface area contributed by atoms with E-state index >= 15 is 0 Å². The maximum Gasteiger partial charge on any atom is 0.222 e. The largest absolute Gasteiger partial charge is 0.495 e. The number of carbonyl (C=O) groups is 1. The summed E-state index contributed by atoms with van der Waals surface area (Å²) in [6, 6.07) is 8.83. The van der Waals surface area contributed by atoms with Gasteiger partial charge in [-0.3, -0.25) is 9.79 Å². The van der Waals surface area contributed by atoms with E-state index in [1.54, 1.807) is 7.11 Å². The molecule has 2 unspecified atom stereocenters. The normalized spacial score (nSPS) is 20.2. The molecule has 7 nitrogen and oxygen atoms in total. The number of aliphatic imine (C=N–C) groups is 1. The number of hydrogen-bond donors (Lipinski definition) is 2. The molecule has 2 aliphatic heterocycles. The molecule has 0 bridgehead atoms. The van der Waals surface area contributed by atoms with Gasteiger partial charge in [-0.2, -0.15) is 0 Å². The lowest BCUT2D eigenvalue weighted by atomic mass is 10.1. The lowest BCUT2D eigenvalue weighted by Crippen LogP contribution is -2.46. The number of nitrogens with one attached hydrogen (secondary N) is 2. The Balaban J connectivity index is 0.00000320. The summed E-state index contributed by atoms with van der Waals surface area (Å²) in [5.74, 6) is 2.05. The topological polar surface area (TPSA) is 69.2 Å². The van der Waals surface area contributed by atoms with Crippen molar-refractivity contribution < 1.29 is 9.53 Å². The smallest absolute Gasteiger partial charge is 0.222 e. The summed E-state index contributed by atoms with van der Waals surface area (Å²) < 4.78 is 5.50. The number of ether oxygens (including phenoxy) is 1. The highest BCUT2D eigenvalue weighted by molar-refractivity contribution is 14.0. The molecule has 168 valence electrons. The summed E-state index contributed by atoms with van der Waals surface area (Å²) in [6.45, 7) is 5.79. The van der Waals surface area contributed by atoms with Crippen LogP contribution in [0.1, 0.15) is 39.0 Å². The van der Waals surface area contributed by atoms with Crippen LogP contribution in [0.3, 0.4) is 0 Å². The number of benzene rings is 1. The highest BCUT2D eigenvalue weighted by Crippen LogP contribution is 2.30. The van der Waals surface area contributed by atoms with Crippen molar-refractivity contribution in [1.29, 1.82) is 0 Å². The number of guanidine groups is 1. The number of hydrogen-bond acceptors (Lipinski definition) is 4. The van der Waals surface area contributed by atoms with Crippen molar-refractivity contribution in [2.75, 3.05) is 45.2 Å². The van der Waals surface area contributed by atoms with Crippen LogP contribution in [-0.2, 0) is 4.79 Å². The van der Waals surface area contributed by atoms with Crippen molar-refractivity contribution in [3.8, 4) is 5.75 Å². The number of nitrogens with zero attached hydrogens (tertiary/aromatic N) is 3. The van der Waals surface area contributed by atoms with Gasteiger partial charge in [0.15, 0.2) is 5.96 Å². The van der Waals surface area contributed by atoms with Gasteiger partial charge in [-0.05, 0) is 37.8 Å². The molecule has 2 atom stereocenters. The fourth-order valence-corrected chi connectivity index (χ4v) is 4.37.